The molecule has 2 nitrogen and oxygen atoms in total. The Hall–Kier alpha value is -1.15. The molecule has 2 heteroatoms. The molecule has 1 aliphatic rings. The Kier molecular flexibility index (Phi) is 5.09. The average molecular weight is 248 g/mol. The van der Waals surface area contributed by atoms with Crippen molar-refractivity contribution in [1.82, 2.24) is 0 Å². The average Bonchev–Trinajstić information content (AvgIpc) is 2.38. The van der Waals surface area contributed by atoms with E-state index in [9.17, 15) is 4.79 Å². The van der Waals surface area contributed by atoms with Crippen LogP contribution < -0.4 is 0 Å². The van der Waals surface area contributed by atoms with E-state index in [2.05, 4.69) is 26.2 Å². The number of aldehydes is 1. The van der Waals surface area contributed by atoms with Gasteiger partial charge >= 0.3 is 0 Å². The summed E-state index contributed by atoms with van der Waals surface area (Å²) in [7, 11) is 1.71. The number of hydrogen-bond acceptors (Lipinski definition) is 2. The Morgan fingerprint density at radius 3 is 2.89 bits per heavy atom. The zero-order chi connectivity index (χ0) is 13.8. The summed E-state index contributed by atoms with van der Waals surface area (Å²) in [6.07, 6.45) is 8.12. The molecule has 0 amide bonds. The highest BCUT2D eigenvalue weighted by Crippen LogP contribution is 2.46. The second kappa shape index (κ2) is 6.14. The van der Waals surface area contributed by atoms with E-state index in [-0.39, 0.29) is 17.4 Å². The first-order valence-corrected chi connectivity index (χ1v) is 6.47. The van der Waals surface area contributed by atoms with Crippen LogP contribution in [0.1, 0.15) is 33.1 Å². The van der Waals surface area contributed by atoms with Crippen LogP contribution in [0.25, 0.3) is 0 Å². The van der Waals surface area contributed by atoms with Crippen LogP contribution in [0.4, 0.5) is 0 Å². The van der Waals surface area contributed by atoms with E-state index in [1.54, 1.807) is 7.11 Å². The van der Waals surface area contributed by atoms with Crippen molar-refractivity contribution >= 4 is 6.29 Å². The van der Waals surface area contributed by atoms with E-state index in [1.165, 1.54) is 5.57 Å². The predicted molar refractivity (Wildman–Crippen MR) is 75.4 cm³/mol. The minimum atomic E-state index is -0.0739. The van der Waals surface area contributed by atoms with Crippen molar-refractivity contribution in [3.63, 3.8) is 0 Å². The molecule has 1 rings (SSSR count). The molecular formula is C16H24O2. The van der Waals surface area contributed by atoms with Gasteiger partial charge in [0.15, 0.2) is 0 Å². The number of carbonyl (C=O) groups excluding carboxylic acids is 1. The standard InChI is InChI=1S/C16H24O2/c1-6-16(4)9-7-8-14(10-13(3)18-5)15(16)12(2)11-17/h6,8,11,13,15H,1-2,7,9-10H2,3-5H3/t13?,15-,16+/m1/s1. The third-order valence-electron chi connectivity index (χ3n) is 4.03. The van der Waals surface area contributed by atoms with Crippen molar-refractivity contribution in [3.05, 3.63) is 36.5 Å². The Bertz CT molecular complexity index is 367. The molecule has 0 saturated carbocycles. The fourth-order valence-corrected chi connectivity index (χ4v) is 2.82. The summed E-state index contributed by atoms with van der Waals surface area (Å²) in [5.74, 6) is 0.0684. The minimum Gasteiger partial charge on any atom is -0.381 e. The molecule has 0 bridgehead atoms. The third kappa shape index (κ3) is 2.99. The summed E-state index contributed by atoms with van der Waals surface area (Å²) in [6.45, 7) is 12.1. The topological polar surface area (TPSA) is 26.3 Å². The van der Waals surface area contributed by atoms with Gasteiger partial charge in [-0.25, -0.2) is 0 Å². The van der Waals surface area contributed by atoms with Crippen molar-refractivity contribution < 1.29 is 9.53 Å². The van der Waals surface area contributed by atoms with Crippen molar-refractivity contribution in [2.75, 3.05) is 7.11 Å². The van der Waals surface area contributed by atoms with Crippen molar-refractivity contribution in [1.29, 1.82) is 0 Å². The molecule has 0 aromatic heterocycles. The van der Waals surface area contributed by atoms with E-state index < -0.39 is 0 Å². The van der Waals surface area contributed by atoms with Crippen molar-refractivity contribution in [3.8, 4) is 0 Å². The second-order valence-corrected chi connectivity index (χ2v) is 5.40. The highest BCUT2D eigenvalue weighted by atomic mass is 16.5. The van der Waals surface area contributed by atoms with Crippen LogP contribution in [0.2, 0.25) is 0 Å². The lowest BCUT2D eigenvalue weighted by Gasteiger charge is -2.40. The monoisotopic (exact) mass is 248 g/mol. The van der Waals surface area contributed by atoms with E-state index in [0.29, 0.717) is 5.57 Å². The molecule has 0 aliphatic heterocycles. The zero-order valence-corrected chi connectivity index (χ0v) is 11.7. The molecule has 0 fully saturated rings. The molecule has 0 saturated heterocycles. The maximum absolute atomic E-state index is 11.1. The molecule has 18 heavy (non-hydrogen) atoms. The van der Waals surface area contributed by atoms with Crippen LogP contribution in [0.3, 0.4) is 0 Å². The van der Waals surface area contributed by atoms with E-state index in [1.807, 2.05) is 13.0 Å². The summed E-state index contributed by atoms with van der Waals surface area (Å²) < 4.78 is 5.33. The zero-order valence-electron chi connectivity index (χ0n) is 11.7. The normalized spacial score (nSPS) is 29.3. The summed E-state index contributed by atoms with van der Waals surface area (Å²) >= 11 is 0. The van der Waals surface area contributed by atoms with Gasteiger partial charge in [0.2, 0.25) is 0 Å². The fraction of sp³-hybridized carbons (Fsp3) is 0.562. The molecular weight excluding hydrogens is 224 g/mol. The van der Waals surface area contributed by atoms with Gasteiger partial charge in [-0.15, -0.1) is 6.58 Å². The number of methoxy groups -OCH3 is 1. The molecule has 1 aliphatic carbocycles. The number of rotatable bonds is 6. The van der Waals surface area contributed by atoms with Gasteiger partial charge in [0.25, 0.3) is 0 Å². The molecule has 100 valence electrons. The second-order valence-electron chi connectivity index (χ2n) is 5.40. The van der Waals surface area contributed by atoms with Crippen LogP contribution >= 0.6 is 0 Å². The predicted octanol–water partition coefficient (Wildman–Crippen LogP) is 3.70. The highest BCUT2D eigenvalue weighted by molar-refractivity contribution is 5.74. The Labute approximate surface area is 110 Å². The summed E-state index contributed by atoms with van der Waals surface area (Å²) in [4.78, 5) is 11.1. The SMILES string of the molecule is C=C[C@@]1(C)CCC=C(CC(C)OC)[C@H]1C(=C)C=O. The maximum Gasteiger partial charge on any atom is 0.146 e. The largest absolute Gasteiger partial charge is 0.381 e. The molecule has 0 N–H and O–H groups in total. The van der Waals surface area contributed by atoms with E-state index >= 15 is 0 Å². The lowest BCUT2D eigenvalue weighted by molar-refractivity contribution is -0.105. The summed E-state index contributed by atoms with van der Waals surface area (Å²) in [5, 5.41) is 0. The van der Waals surface area contributed by atoms with Crippen LogP contribution in [-0.4, -0.2) is 19.5 Å². The third-order valence-corrected chi connectivity index (χ3v) is 4.03. The first kappa shape index (κ1) is 14.9. The summed E-state index contributed by atoms with van der Waals surface area (Å²) in [6, 6.07) is 0. The Balaban J connectivity index is 3.06. The number of ether oxygens (including phenoxy) is 1. The maximum atomic E-state index is 11.1. The first-order chi connectivity index (χ1) is 8.48. The first-order valence-electron chi connectivity index (χ1n) is 6.47. The van der Waals surface area contributed by atoms with Crippen molar-refractivity contribution in [2.24, 2.45) is 11.3 Å². The van der Waals surface area contributed by atoms with Gasteiger partial charge in [-0.05, 0) is 37.2 Å². The van der Waals surface area contributed by atoms with Gasteiger partial charge in [-0.1, -0.05) is 31.2 Å². The molecule has 0 aromatic rings. The van der Waals surface area contributed by atoms with E-state index in [0.717, 1.165) is 25.5 Å². The molecule has 0 spiro atoms. The van der Waals surface area contributed by atoms with Crippen molar-refractivity contribution in [2.45, 2.75) is 39.2 Å². The van der Waals surface area contributed by atoms with E-state index in [4.69, 9.17) is 4.74 Å². The van der Waals surface area contributed by atoms with Gasteiger partial charge in [0.1, 0.15) is 6.29 Å². The fourth-order valence-electron chi connectivity index (χ4n) is 2.82. The molecule has 3 atom stereocenters. The molecule has 0 heterocycles. The lowest BCUT2D eigenvalue weighted by atomic mass is 9.64. The molecule has 1 unspecified atom stereocenters. The van der Waals surface area contributed by atoms with Crippen LogP contribution in [0.5, 0.6) is 0 Å². The van der Waals surface area contributed by atoms with Gasteiger partial charge in [0.05, 0.1) is 6.10 Å². The lowest BCUT2D eigenvalue weighted by Crippen LogP contribution is -2.32. The minimum absolute atomic E-state index is 0.0684. The smallest absolute Gasteiger partial charge is 0.146 e. The van der Waals surface area contributed by atoms with Gasteiger partial charge in [-0.2, -0.15) is 0 Å². The number of hydrogen-bond donors (Lipinski definition) is 0. The van der Waals surface area contributed by atoms with Gasteiger partial charge < -0.3 is 4.74 Å². The Morgan fingerprint density at radius 2 is 2.39 bits per heavy atom. The highest BCUT2D eigenvalue weighted by Gasteiger charge is 2.37. The van der Waals surface area contributed by atoms with Crippen LogP contribution in [-0.2, 0) is 9.53 Å². The molecule has 0 aromatic carbocycles. The van der Waals surface area contributed by atoms with Gasteiger partial charge in [0, 0.05) is 13.0 Å². The molecule has 0 radical (unpaired) electrons. The van der Waals surface area contributed by atoms with Crippen LogP contribution in [0, 0.1) is 11.3 Å². The number of carbonyl (C=O) groups is 1. The Morgan fingerprint density at radius 1 is 1.72 bits per heavy atom. The quantitative estimate of drug-likeness (QED) is 0.407. The van der Waals surface area contributed by atoms with Crippen LogP contribution in [0.15, 0.2) is 36.5 Å². The van der Waals surface area contributed by atoms with Gasteiger partial charge in [-0.3, -0.25) is 4.79 Å². The summed E-state index contributed by atoms with van der Waals surface area (Å²) in [5.41, 5.74) is 1.83. The number of allylic oxidation sites excluding steroid dienone is 3.